The minimum Gasteiger partial charge on any atom is -0.478 e. The highest BCUT2D eigenvalue weighted by Gasteiger charge is 2.16. The lowest BCUT2D eigenvalue weighted by molar-refractivity contribution is 0.0581. The maximum atomic E-state index is 13.7. The number of carboxylic acid groups (broad SMARTS) is 1. The van der Waals surface area contributed by atoms with Crippen LogP contribution in [0.1, 0.15) is 46.4 Å². The Labute approximate surface area is 122 Å². The molecular weight excluding hydrogens is 277 g/mol. The molecule has 6 heteroatoms. The van der Waals surface area contributed by atoms with Gasteiger partial charge in [-0.1, -0.05) is 12.8 Å². The monoisotopic (exact) mass is 295 g/mol. The number of halogens is 1. The molecule has 5 nitrogen and oxygen atoms in total. The number of carbonyl (C=O) groups is 2. The van der Waals surface area contributed by atoms with Gasteiger partial charge in [-0.3, -0.25) is 4.79 Å². The van der Waals surface area contributed by atoms with Crippen molar-refractivity contribution in [3.8, 4) is 0 Å². The predicted molar refractivity (Wildman–Crippen MR) is 73.9 cm³/mol. The fraction of sp³-hybridized carbons (Fsp3) is 0.467. The molecule has 0 radical (unpaired) electrons. The zero-order valence-electron chi connectivity index (χ0n) is 11.6. The van der Waals surface area contributed by atoms with E-state index in [1.807, 2.05) is 0 Å². The van der Waals surface area contributed by atoms with Gasteiger partial charge in [0, 0.05) is 6.54 Å². The summed E-state index contributed by atoms with van der Waals surface area (Å²) in [6.45, 7) is 0.695. The van der Waals surface area contributed by atoms with Crippen LogP contribution in [0.4, 0.5) is 4.39 Å². The van der Waals surface area contributed by atoms with E-state index in [2.05, 4.69) is 5.32 Å². The van der Waals surface area contributed by atoms with E-state index in [1.54, 1.807) is 0 Å². The number of aromatic carboxylic acids is 1. The second-order valence-corrected chi connectivity index (χ2v) is 5.03. The lowest BCUT2D eigenvalue weighted by atomic mass is 10.1. The average Bonchev–Trinajstić information content (AvgIpc) is 2.96. The summed E-state index contributed by atoms with van der Waals surface area (Å²) >= 11 is 0. The van der Waals surface area contributed by atoms with Crippen LogP contribution in [0.25, 0.3) is 0 Å². The maximum absolute atomic E-state index is 13.7. The SMILES string of the molecule is O=C(O)c1ccc(C(=O)NCCOC2CCCC2)c(F)c1. The molecule has 0 unspecified atom stereocenters. The van der Waals surface area contributed by atoms with Crippen LogP contribution in [-0.4, -0.2) is 36.2 Å². The number of amides is 1. The standard InChI is InChI=1S/C15H18FNO4/c16-13-9-10(15(19)20)5-6-12(13)14(18)17-7-8-21-11-3-1-2-4-11/h5-6,9,11H,1-4,7-8H2,(H,17,18)(H,19,20). The second-order valence-electron chi connectivity index (χ2n) is 5.03. The summed E-state index contributed by atoms with van der Waals surface area (Å²) in [5.74, 6) is -2.64. The second kappa shape index (κ2) is 7.17. The van der Waals surface area contributed by atoms with Gasteiger partial charge in [0.25, 0.3) is 5.91 Å². The molecule has 0 aromatic heterocycles. The minimum atomic E-state index is -1.23. The number of carboxylic acids is 1. The summed E-state index contributed by atoms with van der Waals surface area (Å²) in [4.78, 5) is 22.5. The number of hydrogen-bond donors (Lipinski definition) is 2. The first kappa shape index (κ1) is 15.4. The quantitative estimate of drug-likeness (QED) is 0.789. The number of benzene rings is 1. The molecule has 1 saturated carbocycles. The van der Waals surface area contributed by atoms with Gasteiger partial charge in [-0.25, -0.2) is 9.18 Å². The number of nitrogens with one attached hydrogen (secondary N) is 1. The molecule has 0 saturated heterocycles. The molecule has 1 aliphatic rings. The van der Waals surface area contributed by atoms with Crippen molar-refractivity contribution in [1.82, 2.24) is 5.32 Å². The zero-order chi connectivity index (χ0) is 15.2. The molecule has 0 aliphatic heterocycles. The van der Waals surface area contributed by atoms with Gasteiger partial charge < -0.3 is 15.2 Å². The van der Waals surface area contributed by atoms with Gasteiger partial charge in [-0.15, -0.1) is 0 Å². The minimum absolute atomic E-state index is 0.166. The molecule has 0 heterocycles. The number of carbonyl (C=O) groups excluding carboxylic acids is 1. The van der Waals surface area contributed by atoms with Crippen LogP contribution in [0.5, 0.6) is 0 Å². The van der Waals surface area contributed by atoms with Crippen molar-refractivity contribution < 1.29 is 23.8 Å². The molecule has 2 N–H and O–H groups in total. The van der Waals surface area contributed by atoms with Gasteiger partial charge in [0.05, 0.1) is 23.8 Å². The number of ether oxygens (including phenoxy) is 1. The molecule has 114 valence electrons. The van der Waals surface area contributed by atoms with E-state index < -0.39 is 17.7 Å². The molecule has 2 rings (SSSR count). The number of rotatable bonds is 6. The van der Waals surface area contributed by atoms with Crippen molar-refractivity contribution in [3.05, 3.63) is 35.1 Å². The first-order valence-corrected chi connectivity index (χ1v) is 7.00. The molecule has 1 aromatic carbocycles. The van der Waals surface area contributed by atoms with E-state index in [9.17, 15) is 14.0 Å². The Bertz CT molecular complexity index is 526. The number of hydrogen-bond acceptors (Lipinski definition) is 3. The average molecular weight is 295 g/mol. The topological polar surface area (TPSA) is 75.6 Å². The van der Waals surface area contributed by atoms with E-state index in [-0.39, 0.29) is 17.2 Å². The molecular formula is C15H18FNO4. The molecule has 0 bridgehead atoms. The molecule has 21 heavy (non-hydrogen) atoms. The van der Waals surface area contributed by atoms with Crippen LogP contribution in [0.15, 0.2) is 18.2 Å². The smallest absolute Gasteiger partial charge is 0.335 e. The first-order chi connectivity index (χ1) is 10.1. The van der Waals surface area contributed by atoms with E-state index in [0.717, 1.165) is 18.9 Å². The van der Waals surface area contributed by atoms with Crippen LogP contribution in [0.3, 0.4) is 0 Å². The largest absolute Gasteiger partial charge is 0.478 e. The summed E-state index contributed by atoms with van der Waals surface area (Å²) in [6, 6.07) is 3.22. The van der Waals surface area contributed by atoms with Crippen molar-refractivity contribution >= 4 is 11.9 Å². The molecule has 0 spiro atoms. The fourth-order valence-electron chi connectivity index (χ4n) is 2.37. The first-order valence-electron chi connectivity index (χ1n) is 7.00. The van der Waals surface area contributed by atoms with Gasteiger partial charge in [0.2, 0.25) is 0 Å². The summed E-state index contributed by atoms with van der Waals surface area (Å²) in [6.07, 6.45) is 4.74. The van der Waals surface area contributed by atoms with E-state index in [4.69, 9.17) is 9.84 Å². The van der Waals surface area contributed by atoms with Crippen LogP contribution in [0, 0.1) is 5.82 Å². The van der Waals surface area contributed by atoms with Crippen molar-refractivity contribution in [2.24, 2.45) is 0 Å². The fourth-order valence-corrected chi connectivity index (χ4v) is 2.37. The summed E-state index contributed by atoms with van der Waals surface area (Å²) in [5.41, 5.74) is -0.352. The Balaban J connectivity index is 1.81. The normalized spacial score (nSPS) is 15.1. The van der Waals surface area contributed by atoms with E-state index in [1.165, 1.54) is 25.0 Å². The van der Waals surface area contributed by atoms with E-state index >= 15 is 0 Å². The van der Waals surface area contributed by atoms with Gasteiger partial charge in [0.1, 0.15) is 5.82 Å². The van der Waals surface area contributed by atoms with Crippen LogP contribution >= 0.6 is 0 Å². The third kappa shape index (κ3) is 4.26. The van der Waals surface area contributed by atoms with E-state index in [0.29, 0.717) is 13.2 Å². The Hall–Kier alpha value is -1.95. The molecule has 1 fully saturated rings. The van der Waals surface area contributed by atoms with Crippen LogP contribution < -0.4 is 5.32 Å². The lowest BCUT2D eigenvalue weighted by Crippen LogP contribution is -2.29. The lowest BCUT2D eigenvalue weighted by Gasteiger charge is -2.11. The van der Waals surface area contributed by atoms with Gasteiger partial charge >= 0.3 is 5.97 Å². The predicted octanol–water partition coefficient (Wildman–Crippen LogP) is 2.21. The summed E-state index contributed by atoms with van der Waals surface area (Å²) < 4.78 is 19.2. The summed E-state index contributed by atoms with van der Waals surface area (Å²) in [5, 5.41) is 11.3. The van der Waals surface area contributed by atoms with Gasteiger partial charge in [-0.05, 0) is 31.0 Å². The van der Waals surface area contributed by atoms with Gasteiger partial charge in [-0.2, -0.15) is 0 Å². The van der Waals surface area contributed by atoms with Crippen molar-refractivity contribution in [3.63, 3.8) is 0 Å². The Morgan fingerprint density at radius 1 is 1.33 bits per heavy atom. The van der Waals surface area contributed by atoms with Crippen molar-refractivity contribution in [1.29, 1.82) is 0 Å². The summed E-state index contributed by atoms with van der Waals surface area (Å²) in [7, 11) is 0. The van der Waals surface area contributed by atoms with Crippen LogP contribution in [-0.2, 0) is 4.74 Å². The Morgan fingerprint density at radius 2 is 2.05 bits per heavy atom. The Morgan fingerprint density at radius 3 is 2.67 bits per heavy atom. The van der Waals surface area contributed by atoms with Crippen molar-refractivity contribution in [2.45, 2.75) is 31.8 Å². The molecule has 1 amide bonds. The highest BCUT2D eigenvalue weighted by atomic mass is 19.1. The third-order valence-corrected chi connectivity index (χ3v) is 3.50. The zero-order valence-corrected chi connectivity index (χ0v) is 11.6. The third-order valence-electron chi connectivity index (χ3n) is 3.50. The molecule has 0 atom stereocenters. The molecule has 1 aromatic rings. The maximum Gasteiger partial charge on any atom is 0.335 e. The highest BCUT2D eigenvalue weighted by molar-refractivity contribution is 5.96. The van der Waals surface area contributed by atoms with Crippen molar-refractivity contribution in [2.75, 3.05) is 13.2 Å². The Kier molecular flexibility index (Phi) is 5.27. The highest BCUT2D eigenvalue weighted by Crippen LogP contribution is 2.20. The van der Waals surface area contributed by atoms with Crippen LogP contribution in [0.2, 0.25) is 0 Å². The molecule has 1 aliphatic carbocycles. The van der Waals surface area contributed by atoms with Gasteiger partial charge in [0.15, 0.2) is 0 Å².